The van der Waals surface area contributed by atoms with Gasteiger partial charge in [0, 0.05) is 35.5 Å². The molecule has 3 aromatic rings. The lowest BCUT2D eigenvalue weighted by molar-refractivity contribution is -0.142. The molecule has 0 saturated heterocycles. The first-order valence-corrected chi connectivity index (χ1v) is 12.9. The maximum atomic E-state index is 15.3. The molecule has 0 bridgehead atoms. The quantitative estimate of drug-likeness (QED) is 0.335. The fraction of sp³-hybridized carbons (Fsp3) is 0.429. The van der Waals surface area contributed by atoms with Gasteiger partial charge >= 0.3 is 5.97 Å². The molecular formula is C28H32ClFN2O4. The van der Waals surface area contributed by atoms with Crippen molar-refractivity contribution in [2.75, 3.05) is 19.8 Å². The highest BCUT2D eigenvalue weighted by molar-refractivity contribution is 6.31. The average molecular weight is 515 g/mol. The first kappa shape index (κ1) is 26.3. The van der Waals surface area contributed by atoms with E-state index in [1.165, 1.54) is 0 Å². The van der Waals surface area contributed by atoms with Gasteiger partial charge in [0.05, 0.1) is 11.6 Å². The van der Waals surface area contributed by atoms with Gasteiger partial charge in [0.15, 0.2) is 0 Å². The monoisotopic (exact) mass is 514 g/mol. The van der Waals surface area contributed by atoms with Gasteiger partial charge in [-0.05, 0) is 56.4 Å². The number of hydrogen-bond acceptors (Lipinski definition) is 4. The smallest absolute Gasteiger partial charge is 0.329 e. The normalized spacial score (nSPS) is 17.9. The van der Waals surface area contributed by atoms with E-state index in [2.05, 4.69) is 0 Å². The summed E-state index contributed by atoms with van der Waals surface area (Å²) >= 11 is 6.16. The second kappa shape index (κ2) is 12.5. The summed E-state index contributed by atoms with van der Waals surface area (Å²) in [5.41, 5.74) is 3.65. The van der Waals surface area contributed by atoms with Gasteiger partial charge in [0.25, 0.3) is 0 Å². The summed E-state index contributed by atoms with van der Waals surface area (Å²) in [7, 11) is 0. The molecule has 36 heavy (non-hydrogen) atoms. The molecule has 2 aromatic carbocycles. The molecule has 0 atom stereocenters. The molecule has 0 spiro atoms. The van der Waals surface area contributed by atoms with Crippen molar-refractivity contribution < 1.29 is 24.1 Å². The van der Waals surface area contributed by atoms with E-state index in [0.717, 1.165) is 42.5 Å². The number of aliphatic hydroxyl groups excluding tert-OH is 1. The van der Waals surface area contributed by atoms with Crippen LogP contribution in [-0.4, -0.2) is 45.8 Å². The van der Waals surface area contributed by atoms with Gasteiger partial charge in [-0.3, -0.25) is 4.68 Å². The number of nitrogens with zero attached hydrogens (tertiary/aromatic N) is 2. The van der Waals surface area contributed by atoms with Crippen molar-refractivity contribution in [1.82, 2.24) is 9.78 Å². The van der Waals surface area contributed by atoms with Crippen molar-refractivity contribution in [1.29, 1.82) is 0 Å². The fourth-order valence-electron chi connectivity index (χ4n) is 5.06. The van der Waals surface area contributed by atoms with E-state index >= 15 is 4.39 Å². The summed E-state index contributed by atoms with van der Waals surface area (Å²) in [6.45, 7) is 0.946. The van der Waals surface area contributed by atoms with Gasteiger partial charge in [0.1, 0.15) is 18.1 Å². The third kappa shape index (κ3) is 6.33. The van der Waals surface area contributed by atoms with Crippen LogP contribution in [0.25, 0.3) is 22.4 Å². The van der Waals surface area contributed by atoms with Crippen molar-refractivity contribution in [3.63, 3.8) is 0 Å². The number of aliphatic carboxylic acids is 1. The van der Waals surface area contributed by atoms with Gasteiger partial charge in [0.2, 0.25) is 0 Å². The number of hydrogen-bond donors (Lipinski definition) is 2. The Hall–Kier alpha value is -2.74. The number of benzene rings is 2. The van der Waals surface area contributed by atoms with Gasteiger partial charge < -0.3 is 14.9 Å². The van der Waals surface area contributed by atoms with Crippen LogP contribution in [0.5, 0.6) is 0 Å². The van der Waals surface area contributed by atoms with Crippen molar-refractivity contribution in [3.8, 4) is 22.4 Å². The van der Waals surface area contributed by atoms with Crippen LogP contribution < -0.4 is 0 Å². The predicted octanol–water partition coefficient (Wildman–Crippen LogP) is 5.84. The summed E-state index contributed by atoms with van der Waals surface area (Å²) in [5, 5.41) is 23.4. The highest BCUT2D eigenvalue weighted by Crippen LogP contribution is 2.39. The number of carboxylic acid groups (broad SMARTS) is 1. The molecule has 8 heteroatoms. The number of aromatic nitrogens is 2. The van der Waals surface area contributed by atoms with E-state index < -0.39 is 11.8 Å². The number of carbonyl (C=O) groups is 1. The maximum absolute atomic E-state index is 15.3. The Balaban J connectivity index is 1.64. The van der Waals surface area contributed by atoms with Crippen LogP contribution >= 0.6 is 11.6 Å². The van der Waals surface area contributed by atoms with E-state index in [-0.39, 0.29) is 18.2 Å². The zero-order valence-electron chi connectivity index (χ0n) is 20.2. The summed E-state index contributed by atoms with van der Waals surface area (Å²) in [4.78, 5) is 10.7. The van der Waals surface area contributed by atoms with Crippen LogP contribution in [0.2, 0.25) is 5.02 Å². The van der Waals surface area contributed by atoms with E-state index in [1.807, 2.05) is 35.0 Å². The summed E-state index contributed by atoms with van der Waals surface area (Å²) in [5.74, 6) is -0.654. The van der Waals surface area contributed by atoms with Crippen molar-refractivity contribution in [2.45, 2.75) is 45.1 Å². The molecule has 1 aliphatic rings. The van der Waals surface area contributed by atoms with Gasteiger partial charge in [-0.25, -0.2) is 9.18 Å². The summed E-state index contributed by atoms with van der Waals surface area (Å²) < 4.78 is 22.6. The fourth-order valence-corrected chi connectivity index (χ4v) is 5.24. The molecule has 1 fully saturated rings. The van der Waals surface area contributed by atoms with Crippen molar-refractivity contribution in [3.05, 3.63) is 65.1 Å². The second-order valence-electron chi connectivity index (χ2n) is 9.44. The summed E-state index contributed by atoms with van der Waals surface area (Å²) in [6.07, 6.45) is 5.03. The maximum Gasteiger partial charge on any atom is 0.329 e. The molecule has 2 N–H and O–H groups in total. The molecule has 192 valence electrons. The van der Waals surface area contributed by atoms with Crippen LogP contribution in [0.15, 0.2) is 48.5 Å². The average Bonchev–Trinajstić information content (AvgIpc) is 3.23. The molecule has 1 heterocycles. The standard InChI is InChI=1S/C28H32ClFN2O4/c29-23-9-4-8-22(27(23)30)26-24(10-5-15-33)32(31-28(26)21-6-2-1-3-7-21)16-19-11-13-20(14-12-19)17-36-18-25(34)35/h1-4,6-9,19-20,33H,5,10-18H2,(H,34,35)/t19-,20+. The molecule has 4 rings (SSSR count). The van der Waals surface area contributed by atoms with E-state index in [0.29, 0.717) is 49.1 Å². The summed E-state index contributed by atoms with van der Waals surface area (Å²) in [6, 6.07) is 14.8. The van der Waals surface area contributed by atoms with Crippen LogP contribution in [0.1, 0.15) is 37.8 Å². The molecule has 1 saturated carbocycles. The minimum atomic E-state index is -0.945. The zero-order valence-corrected chi connectivity index (χ0v) is 21.0. The lowest BCUT2D eigenvalue weighted by Crippen LogP contribution is -2.24. The third-order valence-electron chi connectivity index (χ3n) is 6.87. The van der Waals surface area contributed by atoms with Crippen LogP contribution in [0, 0.1) is 17.7 Å². The van der Waals surface area contributed by atoms with Gasteiger partial charge in [-0.15, -0.1) is 0 Å². The number of carboxylic acids is 1. The number of ether oxygens (including phenoxy) is 1. The van der Waals surface area contributed by atoms with Crippen LogP contribution in [0.3, 0.4) is 0 Å². The Morgan fingerprint density at radius 2 is 1.81 bits per heavy atom. The third-order valence-corrected chi connectivity index (χ3v) is 7.17. The Morgan fingerprint density at radius 3 is 2.50 bits per heavy atom. The van der Waals surface area contributed by atoms with Gasteiger partial charge in [-0.1, -0.05) is 54.1 Å². The Labute approximate surface area is 215 Å². The molecule has 1 aromatic heterocycles. The molecule has 0 unspecified atom stereocenters. The van der Waals surface area contributed by atoms with E-state index in [1.54, 1.807) is 18.2 Å². The first-order valence-electron chi connectivity index (χ1n) is 12.5. The Kier molecular flexibility index (Phi) is 9.13. The van der Waals surface area contributed by atoms with Crippen LogP contribution in [0.4, 0.5) is 4.39 Å². The first-order chi connectivity index (χ1) is 17.5. The van der Waals surface area contributed by atoms with Crippen LogP contribution in [-0.2, 0) is 22.5 Å². The molecule has 6 nitrogen and oxygen atoms in total. The lowest BCUT2D eigenvalue weighted by atomic mass is 9.82. The topological polar surface area (TPSA) is 84.6 Å². The molecule has 0 amide bonds. The predicted molar refractivity (Wildman–Crippen MR) is 137 cm³/mol. The molecular weight excluding hydrogens is 483 g/mol. The minimum Gasteiger partial charge on any atom is -0.480 e. The SMILES string of the molecule is O=C(O)COC[C@H]1CC[C@@H](Cn2nc(-c3ccccc3)c(-c3cccc(Cl)c3F)c2CCCO)CC1. The largest absolute Gasteiger partial charge is 0.480 e. The molecule has 0 radical (unpaired) electrons. The minimum absolute atomic E-state index is 0.0325. The zero-order chi connectivity index (χ0) is 25.5. The number of rotatable bonds is 11. The Morgan fingerprint density at radius 1 is 1.08 bits per heavy atom. The number of aliphatic hydroxyl groups is 1. The highest BCUT2D eigenvalue weighted by Gasteiger charge is 2.27. The van der Waals surface area contributed by atoms with E-state index in [4.69, 9.17) is 26.5 Å². The highest BCUT2D eigenvalue weighted by atomic mass is 35.5. The van der Waals surface area contributed by atoms with E-state index in [9.17, 15) is 9.90 Å². The Bertz CT molecular complexity index is 1160. The van der Waals surface area contributed by atoms with Gasteiger partial charge in [-0.2, -0.15) is 5.10 Å². The molecule has 1 aliphatic carbocycles. The number of halogens is 2. The van der Waals surface area contributed by atoms with Crippen molar-refractivity contribution in [2.24, 2.45) is 11.8 Å². The lowest BCUT2D eigenvalue weighted by Gasteiger charge is -2.28. The second-order valence-corrected chi connectivity index (χ2v) is 9.85. The van der Waals surface area contributed by atoms with Crippen molar-refractivity contribution >= 4 is 17.6 Å². The molecule has 0 aliphatic heterocycles.